The summed E-state index contributed by atoms with van der Waals surface area (Å²) < 4.78 is 28.5. The first kappa shape index (κ1) is 15.0. The molecule has 0 bridgehead atoms. The van der Waals surface area contributed by atoms with Gasteiger partial charge in [-0.25, -0.2) is 8.42 Å². The quantitative estimate of drug-likeness (QED) is 0.909. The van der Waals surface area contributed by atoms with Gasteiger partial charge in [0.05, 0.1) is 11.0 Å². The van der Waals surface area contributed by atoms with Crippen LogP contribution in [0.2, 0.25) is 0 Å². The molecule has 1 aliphatic rings. The van der Waals surface area contributed by atoms with Crippen molar-refractivity contribution in [1.29, 1.82) is 0 Å². The highest BCUT2D eigenvalue weighted by atomic mass is 32.2. The summed E-state index contributed by atoms with van der Waals surface area (Å²) in [6.07, 6.45) is 3.16. The zero-order valence-corrected chi connectivity index (χ0v) is 12.5. The Bertz CT molecular complexity index is 604. The van der Waals surface area contributed by atoms with Crippen molar-refractivity contribution in [2.45, 2.75) is 30.8 Å². The van der Waals surface area contributed by atoms with Gasteiger partial charge in [-0.1, -0.05) is 6.07 Å². The van der Waals surface area contributed by atoms with Crippen molar-refractivity contribution in [2.75, 3.05) is 19.4 Å². The van der Waals surface area contributed by atoms with Crippen molar-refractivity contribution < 1.29 is 17.9 Å². The van der Waals surface area contributed by atoms with Gasteiger partial charge in [-0.3, -0.25) is 4.79 Å². The molecule has 0 saturated carbocycles. The Balaban J connectivity index is 2.12. The summed E-state index contributed by atoms with van der Waals surface area (Å²) in [7, 11) is -3.31. The third-order valence-corrected chi connectivity index (χ3v) is 4.51. The van der Waals surface area contributed by atoms with Crippen LogP contribution in [-0.4, -0.2) is 39.8 Å². The molecule has 6 heteroatoms. The van der Waals surface area contributed by atoms with Crippen LogP contribution < -0.4 is 5.32 Å². The summed E-state index contributed by atoms with van der Waals surface area (Å²) in [6.45, 7) is 2.98. The normalized spacial score (nSPS) is 19.0. The van der Waals surface area contributed by atoms with Crippen LogP contribution in [0.4, 0.5) is 0 Å². The molecule has 1 amide bonds. The van der Waals surface area contributed by atoms with Gasteiger partial charge in [-0.05, 0) is 37.5 Å². The number of aryl methyl sites for hydroxylation is 1. The van der Waals surface area contributed by atoms with Gasteiger partial charge in [0.25, 0.3) is 5.91 Å². The Labute approximate surface area is 119 Å². The van der Waals surface area contributed by atoms with E-state index < -0.39 is 9.84 Å². The Morgan fingerprint density at radius 3 is 2.80 bits per heavy atom. The van der Waals surface area contributed by atoms with Gasteiger partial charge in [0.1, 0.15) is 0 Å². The van der Waals surface area contributed by atoms with E-state index in [1.165, 1.54) is 12.1 Å². The zero-order valence-electron chi connectivity index (χ0n) is 11.7. The number of amides is 1. The molecular formula is C14H19NO4S. The number of benzene rings is 1. The number of carbonyl (C=O) groups is 1. The highest BCUT2D eigenvalue weighted by Gasteiger charge is 2.18. The maximum Gasteiger partial charge on any atom is 0.251 e. The van der Waals surface area contributed by atoms with Crippen LogP contribution in [0.25, 0.3) is 0 Å². The highest BCUT2D eigenvalue weighted by molar-refractivity contribution is 7.90. The zero-order chi connectivity index (χ0) is 14.8. The van der Waals surface area contributed by atoms with E-state index in [2.05, 4.69) is 5.32 Å². The second-order valence-corrected chi connectivity index (χ2v) is 7.11. The maximum atomic E-state index is 12.1. The van der Waals surface area contributed by atoms with Crippen LogP contribution >= 0.6 is 0 Å². The van der Waals surface area contributed by atoms with Crippen LogP contribution in [0.1, 0.15) is 28.8 Å². The maximum absolute atomic E-state index is 12.1. The van der Waals surface area contributed by atoms with E-state index in [4.69, 9.17) is 4.74 Å². The first-order chi connectivity index (χ1) is 9.38. The van der Waals surface area contributed by atoms with Crippen molar-refractivity contribution in [3.05, 3.63) is 29.3 Å². The fourth-order valence-corrected chi connectivity index (χ4v) is 2.83. The summed E-state index contributed by atoms with van der Waals surface area (Å²) in [6, 6.07) is 4.59. The van der Waals surface area contributed by atoms with Gasteiger partial charge >= 0.3 is 0 Å². The Hall–Kier alpha value is -1.40. The highest BCUT2D eigenvalue weighted by Crippen LogP contribution is 2.16. The molecule has 5 nitrogen and oxygen atoms in total. The summed E-state index contributed by atoms with van der Waals surface area (Å²) in [5, 5.41) is 2.80. The standard InChI is InChI=1S/C14H19NO4S/c1-10-5-6-12(20(2,17)18)8-13(10)14(16)15-9-11-4-3-7-19-11/h5-6,8,11H,3-4,7,9H2,1-2H3,(H,15,16). The average Bonchev–Trinajstić information content (AvgIpc) is 2.88. The Morgan fingerprint density at radius 1 is 1.45 bits per heavy atom. The summed E-state index contributed by atoms with van der Waals surface area (Å²) in [5.74, 6) is -0.261. The molecule has 1 N–H and O–H groups in total. The minimum absolute atomic E-state index is 0.0670. The molecule has 20 heavy (non-hydrogen) atoms. The molecule has 1 unspecified atom stereocenters. The lowest BCUT2D eigenvalue weighted by molar-refractivity contribution is 0.0857. The minimum atomic E-state index is -3.31. The molecule has 1 aromatic carbocycles. The van der Waals surface area contributed by atoms with E-state index >= 15 is 0 Å². The minimum Gasteiger partial charge on any atom is -0.376 e. The first-order valence-electron chi connectivity index (χ1n) is 6.58. The van der Waals surface area contributed by atoms with Crippen molar-refractivity contribution >= 4 is 15.7 Å². The summed E-state index contributed by atoms with van der Waals surface area (Å²) >= 11 is 0. The number of nitrogens with one attached hydrogen (secondary N) is 1. The number of rotatable bonds is 4. The van der Waals surface area contributed by atoms with E-state index in [0.29, 0.717) is 12.1 Å². The number of hydrogen-bond donors (Lipinski definition) is 1. The fraction of sp³-hybridized carbons (Fsp3) is 0.500. The lowest BCUT2D eigenvalue weighted by atomic mass is 10.1. The molecule has 0 aliphatic carbocycles. The largest absolute Gasteiger partial charge is 0.376 e. The van der Waals surface area contributed by atoms with Crippen LogP contribution in [-0.2, 0) is 14.6 Å². The number of hydrogen-bond acceptors (Lipinski definition) is 4. The third kappa shape index (κ3) is 3.58. The van der Waals surface area contributed by atoms with Crippen molar-refractivity contribution in [3.8, 4) is 0 Å². The van der Waals surface area contributed by atoms with Gasteiger partial charge in [-0.15, -0.1) is 0 Å². The molecule has 1 atom stereocenters. The molecule has 1 fully saturated rings. The van der Waals surface area contributed by atoms with Gasteiger partial charge in [0.15, 0.2) is 9.84 Å². The Kier molecular flexibility index (Phi) is 4.45. The molecule has 1 aromatic rings. The predicted octanol–water partition coefficient (Wildman–Crippen LogP) is 1.31. The lowest BCUT2D eigenvalue weighted by Gasteiger charge is -2.12. The molecule has 110 valence electrons. The van der Waals surface area contributed by atoms with Crippen LogP contribution in [0.5, 0.6) is 0 Å². The first-order valence-corrected chi connectivity index (χ1v) is 8.47. The SMILES string of the molecule is Cc1ccc(S(C)(=O)=O)cc1C(=O)NCC1CCCO1. The fourth-order valence-electron chi connectivity index (χ4n) is 2.18. The van der Waals surface area contributed by atoms with Gasteiger partial charge < -0.3 is 10.1 Å². The topological polar surface area (TPSA) is 72.5 Å². The van der Waals surface area contributed by atoms with Gasteiger partial charge in [0, 0.05) is 25.0 Å². The van der Waals surface area contributed by atoms with Crippen molar-refractivity contribution in [1.82, 2.24) is 5.32 Å². The smallest absolute Gasteiger partial charge is 0.251 e. The predicted molar refractivity (Wildman–Crippen MR) is 75.6 cm³/mol. The molecule has 2 rings (SSSR count). The van der Waals surface area contributed by atoms with E-state index in [9.17, 15) is 13.2 Å². The molecule has 1 saturated heterocycles. The molecular weight excluding hydrogens is 278 g/mol. The van der Waals surface area contributed by atoms with Gasteiger partial charge in [-0.2, -0.15) is 0 Å². The third-order valence-electron chi connectivity index (χ3n) is 3.40. The second kappa shape index (κ2) is 5.93. The van der Waals surface area contributed by atoms with E-state index in [0.717, 1.165) is 31.3 Å². The van der Waals surface area contributed by atoms with Crippen LogP contribution in [0.3, 0.4) is 0 Å². The molecule has 1 aliphatic heterocycles. The molecule has 0 aromatic heterocycles. The molecule has 0 spiro atoms. The van der Waals surface area contributed by atoms with E-state index in [-0.39, 0.29) is 16.9 Å². The number of carbonyl (C=O) groups excluding carboxylic acids is 1. The van der Waals surface area contributed by atoms with Gasteiger partial charge in [0.2, 0.25) is 0 Å². The monoisotopic (exact) mass is 297 g/mol. The van der Waals surface area contributed by atoms with E-state index in [1.807, 2.05) is 0 Å². The summed E-state index contributed by atoms with van der Waals surface area (Å²) in [4.78, 5) is 12.3. The van der Waals surface area contributed by atoms with E-state index in [1.54, 1.807) is 13.0 Å². The molecule has 1 heterocycles. The van der Waals surface area contributed by atoms with Crippen molar-refractivity contribution in [3.63, 3.8) is 0 Å². The number of sulfone groups is 1. The van der Waals surface area contributed by atoms with Crippen LogP contribution in [0, 0.1) is 6.92 Å². The molecule has 0 radical (unpaired) electrons. The second-order valence-electron chi connectivity index (χ2n) is 5.09. The average molecular weight is 297 g/mol. The lowest BCUT2D eigenvalue weighted by Crippen LogP contribution is -2.32. The Morgan fingerprint density at radius 2 is 2.20 bits per heavy atom. The number of ether oxygens (including phenoxy) is 1. The van der Waals surface area contributed by atoms with Crippen molar-refractivity contribution in [2.24, 2.45) is 0 Å². The summed E-state index contributed by atoms with van der Waals surface area (Å²) in [5.41, 5.74) is 1.15. The van der Waals surface area contributed by atoms with Crippen LogP contribution in [0.15, 0.2) is 23.1 Å².